The molecule has 1 spiro atoms. The molecule has 3 aliphatic rings. The third-order valence-electron chi connectivity index (χ3n) is 9.02. The number of amides is 1. The van der Waals surface area contributed by atoms with Crippen molar-refractivity contribution >= 4 is 45.2 Å². The molecule has 234 valence electrons. The molecule has 0 unspecified atom stereocenters. The van der Waals surface area contributed by atoms with Gasteiger partial charge in [-0.05, 0) is 43.7 Å². The van der Waals surface area contributed by atoms with Gasteiger partial charge in [-0.15, -0.1) is 11.8 Å². The number of carbonyl (C=O) groups excluding carboxylic acids is 1. The van der Waals surface area contributed by atoms with E-state index in [4.69, 9.17) is 4.74 Å². The lowest BCUT2D eigenvalue weighted by molar-refractivity contribution is -0.137. The van der Waals surface area contributed by atoms with Crippen molar-refractivity contribution < 1.29 is 27.1 Å². The Morgan fingerprint density at radius 3 is 2.51 bits per heavy atom. The zero-order chi connectivity index (χ0) is 31.8. The van der Waals surface area contributed by atoms with Crippen molar-refractivity contribution in [2.75, 3.05) is 37.0 Å². The molecule has 1 amide bonds. The molecule has 0 radical (unpaired) electrons. The van der Waals surface area contributed by atoms with Crippen molar-refractivity contribution in [3.05, 3.63) is 71.2 Å². The van der Waals surface area contributed by atoms with Crippen molar-refractivity contribution in [3.63, 3.8) is 0 Å². The van der Waals surface area contributed by atoms with E-state index >= 15 is 13.2 Å². The van der Waals surface area contributed by atoms with Gasteiger partial charge in [0, 0.05) is 81.9 Å². The molecule has 0 N–H and O–H groups in total. The van der Waals surface area contributed by atoms with Crippen LogP contribution in [-0.2, 0) is 22.3 Å². The fourth-order valence-electron chi connectivity index (χ4n) is 6.99. The molecule has 2 saturated heterocycles. The summed E-state index contributed by atoms with van der Waals surface area (Å²) in [5, 5.41) is 0.574. The van der Waals surface area contributed by atoms with E-state index in [-0.39, 0.29) is 75.6 Å². The van der Waals surface area contributed by atoms with Crippen molar-refractivity contribution in [3.8, 4) is 11.1 Å². The van der Waals surface area contributed by atoms with E-state index in [1.807, 2.05) is 13.8 Å². The number of piperazine rings is 1. The number of benzene rings is 2. The number of thioether (sulfide) groups is 1. The summed E-state index contributed by atoms with van der Waals surface area (Å²) in [5.74, 6) is -0.262. The first-order valence-electron chi connectivity index (χ1n) is 14.5. The Balaban J connectivity index is 1.54. The maximum Gasteiger partial charge on any atom is 0.417 e. The van der Waals surface area contributed by atoms with Gasteiger partial charge in [0.15, 0.2) is 0 Å². The summed E-state index contributed by atoms with van der Waals surface area (Å²) in [5.41, 5.74) is -1.53. The van der Waals surface area contributed by atoms with Crippen molar-refractivity contribution in [2.24, 2.45) is 5.41 Å². The van der Waals surface area contributed by atoms with E-state index in [1.54, 1.807) is 9.80 Å². The normalized spacial score (nSPS) is 21.2. The number of halogens is 4. The molecule has 4 aromatic rings. The summed E-state index contributed by atoms with van der Waals surface area (Å²) < 4.78 is 67.4. The molecule has 3 aliphatic heterocycles. The zero-order valence-electron chi connectivity index (χ0n) is 24.5. The first kappa shape index (κ1) is 29.7. The highest BCUT2D eigenvalue weighted by Crippen LogP contribution is 2.52. The third-order valence-corrected chi connectivity index (χ3v) is 10.5. The van der Waals surface area contributed by atoms with Crippen LogP contribution in [0.4, 0.5) is 23.4 Å². The van der Waals surface area contributed by atoms with Crippen LogP contribution in [0.3, 0.4) is 0 Å². The monoisotopic (exact) mass is 639 g/mol. The first-order chi connectivity index (χ1) is 21.4. The maximum atomic E-state index is 15.2. The molecule has 2 aromatic heterocycles. The van der Waals surface area contributed by atoms with Crippen LogP contribution in [0.2, 0.25) is 0 Å². The van der Waals surface area contributed by atoms with Crippen LogP contribution in [0.25, 0.3) is 32.8 Å². The quantitative estimate of drug-likeness (QED) is 0.216. The number of fused-ring (bicyclic) bond motifs is 1. The van der Waals surface area contributed by atoms with Crippen LogP contribution < -0.4 is 10.6 Å². The molecule has 2 aromatic carbocycles. The predicted molar refractivity (Wildman–Crippen MR) is 164 cm³/mol. The standard InChI is InChI=1S/C32H29F4N5O3S/c1-4-25(42)41-17(2)11-39(12-18(41)3)29-21-9-23(32(34,35)36)26(20-5-6-24(33)19-7-8-37-10-22(19)20)28-27(21)40(30(43)38-29)13-31(16-45-28)14-44-15-31/h4-10,17-18H,1,11-16H2,2-3H3/t17-,18+. The first-order valence-corrected chi connectivity index (χ1v) is 15.5. The minimum Gasteiger partial charge on any atom is -0.380 e. The van der Waals surface area contributed by atoms with Crippen molar-refractivity contribution in [1.29, 1.82) is 0 Å². The number of hydrogen-bond donors (Lipinski definition) is 0. The second-order valence-electron chi connectivity index (χ2n) is 12.2. The van der Waals surface area contributed by atoms with Crippen LogP contribution >= 0.6 is 11.8 Å². The molecule has 2 atom stereocenters. The number of rotatable bonds is 3. The Bertz CT molecular complexity index is 1950. The highest BCUT2D eigenvalue weighted by Gasteiger charge is 2.45. The molecular formula is C32H29F4N5O3S. The molecule has 7 rings (SSSR count). The summed E-state index contributed by atoms with van der Waals surface area (Å²) in [7, 11) is 0. The summed E-state index contributed by atoms with van der Waals surface area (Å²) in [6, 6.07) is 4.38. The van der Waals surface area contributed by atoms with Gasteiger partial charge in [0.25, 0.3) is 0 Å². The van der Waals surface area contributed by atoms with Crippen LogP contribution in [0.1, 0.15) is 19.4 Å². The van der Waals surface area contributed by atoms with E-state index in [2.05, 4.69) is 16.5 Å². The zero-order valence-corrected chi connectivity index (χ0v) is 25.3. The van der Waals surface area contributed by atoms with E-state index in [0.717, 1.165) is 12.1 Å². The smallest absolute Gasteiger partial charge is 0.380 e. The Morgan fingerprint density at radius 1 is 1.13 bits per heavy atom. The largest absolute Gasteiger partial charge is 0.417 e. The number of anilines is 1. The highest BCUT2D eigenvalue weighted by atomic mass is 32.2. The van der Waals surface area contributed by atoms with E-state index in [9.17, 15) is 14.0 Å². The highest BCUT2D eigenvalue weighted by molar-refractivity contribution is 7.99. The molecule has 0 aliphatic carbocycles. The van der Waals surface area contributed by atoms with Gasteiger partial charge >= 0.3 is 11.9 Å². The lowest BCUT2D eigenvalue weighted by atomic mass is 9.88. The van der Waals surface area contributed by atoms with Crippen molar-refractivity contribution in [1.82, 2.24) is 19.4 Å². The summed E-state index contributed by atoms with van der Waals surface area (Å²) in [6.07, 6.45) is -0.807. The van der Waals surface area contributed by atoms with Crippen LogP contribution in [0.5, 0.6) is 0 Å². The summed E-state index contributed by atoms with van der Waals surface area (Å²) in [4.78, 5) is 38.7. The van der Waals surface area contributed by atoms with Gasteiger partial charge in [-0.25, -0.2) is 9.18 Å². The maximum absolute atomic E-state index is 15.2. The lowest BCUT2D eigenvalue weighted by Crippen LogP contribution is -2.58. The van der Waals surface area contributed by atoms with E-state index in [0.29, 0.717) is 24.5 Å². The average Bonchev–Trinajstić information content (AvgIpc) is 3.17. The fraction of sp³-hybridized carbons (Fsp3) is 0.375. The van der Waals surface area contributed by atoms with Gasteiger partial charge in [-0.1, -0.05) is 12.6 Å². The molecule has 45 heavy (non-hydrogen) atoms. The summed E-state index contributed by atoms with van der Waals surface area (Å²) in [6.45, 7) is 8.75. The van der Waals surface area contributed by atoms with Gasteiger partial charge in [0.1, 0.15) is 11.6 Å². The topological polar surface area (TPSA) is 80.6 Å². The molecule has 13 heteroatoms. The molecule has 5 heterocycles. The Morgan fingerprint density at radius 2 is 1.87 bits per heavy atom. The minimum absolute atomic E-state index is 0.122. The molecule has 8 nitrogen and oxygen atoms in total. The molecule has 0 bridgehead atoms. The number of alkyl halides is 3. The van der Waals surface area contributed by atoms with Gasteiger partial charge in [-0.3, -0.25) is 14.3 Å². The predicted octanol–water partition coefficient (Wildman–Crippen LogP) is 5.50. The van der Waals surface area contributed by atoms with Gasteiger partial charge in [0.2, 0.25) is 5.91 Å². The Hall–Kier alpha value is -3.97. The number of hydrogen-bond acceptors (Lipinski definition) is 7. The van der Waals surface area contributed by atoms with Gasteiger partial charge in [0.05, 0.1) is 24.3 Å². The molecular weight excluding hydrogens is 610 g/mol. The van der Waals surface area contributed by atoms with E-state index in [1.165, 1.54) is 46.9 Å². The third kappa shape index (κ3) is 4.70. The van der Waals surface area contributed by atoms with Crippen LogP contribution in [0, 0.1) is 11.2 Å². The minimum atomic E-state index is -4.80. The number of ether oxygens (including phenoxy) is 1. The van der Waals surface area contributed by atoms with Crippen LogP contribution in [0.15, 0.2) is 59.0 Å². The summed E-state index contributed by atoms with van der Waals surface area (Å²) >= 11 is 1.26. The fourth-order valence-corrected chi connectivity index (χ4v) is 8.42. The second kappa shape index (κ2) is 10.5. The Kier molecular flexibility index (Phi) is 6.97. The van der Waals surface area contributed by atoms with E-state index < -0.39 is 28.7 Å². The van der Waals surface area contributed by atoms with Gasteiger partial charge < -0.3 is 14.5 Å². The number of carbonyl (C=O) groups is 1. The molecule has 0 saturated carbocycles. The van der Waals surface area contributed by atoms with Crippen molar-refractivity contribution in [2.45, 2.75) is 43.5 Å². The number of aromatic nitrogens is 3. The number of nitrogens with zero attached hydrogens (tertiary/aromatic N) is 5. The van der Waals surface area contributed by atoms with Gasteiger partial charge in [-0.2, -0.15) is 18.2 Å². The number of pyridine rings is 1. The second-order valence-corrected chi connectivity index (χ2v) is 13.2. The molecule has 2 fully saturated rings. The average molecular weight is 640 g/mol. The lowest BCUT2D eigenvalue weighted by Gasteiger charge is -2.44. The van der Waals surface area contributed by atoms with Crippen LogP contribution in [-0.4, -0.2) is 69.5 Å². The SMILES string of the molecule is C=CC(=O)N1[C@H](C)CN(c2nc(=O)n3c4c(c(-c5ccc(F)c6ccncc56)c(C(F)(F)F)cc24)SCC2(COC2)C3)C[C@@H]1C. The Labute approximate surface area is 259 Å².